The van der Waals surface area contributed by atoms with Crippen molar-refractivity contribution in [2.45, 2.75) is 78.8 Å². The highest BCUT2D eigenvalue weighted by Gasteiger charge is 2.38. The summed E-state index contributed by atoms with van der Waals surface area (Å²) in [5.74, 6) is 1.68. The zero-order chi connectivity index (χ0) is 15.3. The summed E-state index contributed by atoms with van der Waals surface area (Å²) in [6.07, 6.45) is 6.69. The fourth-order valence-corrected chi connectivity index (χ4v) is 3.60. The summed E-state index contributed by atoms with van der Waals surface area (Å²) in [6.45, 7) is 13.2. The van der Waals surface area contributed by atoms with Gasteiger partial charge in [0, 0.05) is 12.1 Å². The lowest BCUT2D eigenvalue weighted by molar-refractivity contribution is 0.0626. The molecule has 20 heavy (non-hydrogen) atoms. The molecule has 3 atom stereocenters. The molecule has 1 saturated carbocycles. The van der Waals surface area contributed by atoms with E-state index in [0.717, 1.165) is 11.8 Å². The Morgan fingerprint density at radius 3 is 2.40 bits per heavy atom. The van der Waals surface area contributed by atoms with E-state index in [4.69, 9.17) is 0 Å². The van der Waals surface area contributed by atoms with Crippen LogP contribution in [0.4, 0.5) is 0 Å². The maximum absolute atomic E-state index is 3.57. The quantitative estimate of drug-likeness (QED) is 0.754. The van der Waals surface area contributed by atoms with E-state index < -0.39 is 0 Å². The molecule has 1 N–H and O–H groups in total. The van der Waals surface area contributed by atoms with E-state index in [1.165, 1.54) is 38.6 Å². The van der Waals surface area contributed by atoms with Crippen LogP contribution in [0.2, 0.25) is 0 Å². The van der Waals surface area contributed by atoms with E-state index in [2.05, 4.69) is 58.9 Å². The predicted octanol–water partition coefficient (Wildman–Crippen LogP) is 4.16. The van der Waals surface area contributed by atoms with Gasteiger partial charge >= 0.3 is 0 Å². The largest absolute Gasteiger partial charge is 0.315 e. The van der Waals surface area contributed by atoms with Crippen molar-refractivity contribution in [3.05, 3.63) is 0 Å². The van der Waals surface area contributed by atoms with Gasteiger partial charge in [0.2, 0.25) is 0 Å². The van der Waals surface area contributed by atoms with Crippen LogP contribution in [0.25, 0.3) is 0 Å². The van der Waals surface area contributed by atoms with Gasteiger partial charge in [-0.2, -0.15) is 0 Å². The Kier molecular flexibility index (Phi) is 7.00. The summed E-state index contributed by atoms with van der Waals surface area (Å²) >= 11 is 0. The highest BCUT2D eigenvalue weighted by atomic mass is 15.2. The van der Waals surface area contributed by atoms with Gasteiger partial charge in [-0.25, -0.2) is 0 Å². The molecule has 1 aliphatic rings. The summed E-state index contributed by atoms with van der Waals surface area (Å²) in [6, 6.07) is 1.39. The standard InChI is InChI=1S/C18H38N2/c1-8-18(4,5)15-9-10-16(19-6)17(13-15)20(7)12-11-14(2)3/h14-17,19H,8-13H2,1-7H3. The number of nitrogens with zero attached hydrogens (tertiary/aromatic N) is 1. The lowest BCUT2D eigenvalue weighted by atomic mass is 9.67. The highest BCUT2D eigenvalue weighted by Crippen LogP contribution is 2.41. The van der Waals surface area contributed by atoms with Gasteiger partial charge in [-0.05, 0) is 63.6 Å². The number of nitrogens with one attached hydrogen (secondary N) is 1. The monoisotopic (exact) mass is 282 g/mol. The first-order chi connectivity index (χ1) is 9.31. The molecule has 120 valence electrons. The lowest BCUT2D eigenvalue weighted by Gasteiger charge is -2.46. The van der Waals surface area contributed by atoms with E-state index >= 15 is 0 Å². The predicted molar refractivity (Wildman–Crippen MR) is 90.1 cm³/mol. The minimum atomic E-state index is 0.496. The maximum Gasteiger partial charge on any atom is 0.0249 e. The van der Waals surface area contributed by atoms with Crippen LogP contribution in [0, 0.1) is 17.3 Å². The van der Waals surface area contributed by atoms with Crippen LogP contribution >= 0.6 is 0 Å². The molecule has 0 spiro atoms. The number of hydrogen-bond donors (Lipinski definition) is 1. The molecule has 0 aromatic carbocycles. The van der Waals surface area contributed by atoms with Gasteiger partial charge in [0.05, 0.1) is 0 Å². The summed E-state index contributed by atoms with van der Waals surface area (Å²) in [5, 5.41) is 3.57. The summed E-state index contributed by atoms with van der Waals surface area (Å²) in [7, 11) is 4.47. The van der Waals surface area contributed by atoms with Crippen LogP contribution in [-0.4, -0.2) is 37.6 Å². The van der Waals surface area contributed by atoms with Crippen molar-refractivity contribution in [3.8, 4) is 0 Å². The van der Waals surface area contributed by atoms with Gasteiger partial charge < -0.3 is 10.2 Å². The van der Waals surface area contributed by atoms with Gasteiger partial charge in [0.25, 0.3) is 0 Å². The first-order valence-corrected chi connectivity index (χ1v) is 8.69. The minimum absolute atomic E-state index is 0.496. The third kappa shape index (κ3) is 4.73. The van der Waals surface area contributed by atoms with E-state index in [1.807, 2.05) is 0 Å². The van der Waals surface area contributed by atoms with Gasteiger partial charge in [-0.15, -0.1) is 0 Å². The van der Waals surface area contributed by atoms with Gasteiger partial charge in [0.15, 0.2) is 0 Å². The van der Waals surface area contributed by atoms with E-state index in [1.54, 1.807) is 0 Å². The Hall–Kier alpha value is -0.0800. The van der Waals surface area contributed by atoms with Crippen molar-refractivity contribution < 1.29 is 0 Å². The zero-order valence-electron chi connectivity index (χ0n) is 15.0. The van der Waals surface area contributed by atoms with Crippen LogP contribution in [0.5, 0.6) is 0 Å². The minimum Gasteiger partial charge on any atom is -0.315 e. The van der Waals surface area contributed by atoms with E-state index in [-0.39, 0.29) is 0 Å². The van der Waals surface area contributed by atoms with Crippen LogP contribution in [0.3, 0.4) is 0 Å². The number of hydrogen-bond acceptors (Lipinski definition) is 2. The molecule has 0 aliphatic heterocycles. The molecule has 0 aromatic rings. The van der Waals surface area contributed by atoms with Crippen LogP contribution in [0.1, 0.15) is 66.7 Å². The molecule has 0 aromatic heterocycles. The summed E-state index contributed by atoms with van der Waals surface area (Å²) in [5.41, 5.74) is 0.496. The Morgan fingerprint density at radius 1 is 1.25 bits per heavy atom. The molecule has 1 aliphatic carbocycles. The van der Waals surface area contributed by atoms with Gasteiger partial charge in [0.1, 0.15) is 0 Å². The van der Waals surface area contributed by atoms with Crippen molar-refractivity contribution >= 4 is 0 Å². The Labute approximate surface area is 127 Å². The second-order valence-electron chi connectivity index (χ2n) is 7.98. The first-order valence-electron chi connectivity index (χ1n) is 8.69. The Bertz CT molecular complexity index is 273. The lowest BCUT2D eigenvalue weighted by Crippen LogP contribution is -2.53. The molecular weight excluding hydrogens is 244 g/mol. The van der Waals surface area contributed by atoms with Gasteiger partial charge in [-0.1, -0.05) is 41.0 Å². The van der Waals surface area contributed by atoms with E-state index in [9.17, 15) is 0 Å². The van der Waals surface area contributed by atoms with E-state index in [0.29, 0.717) is 17.5 Å². The molecule has 0 heterocycles. The average molecular weight is 283 g/mol. The van der Waals surface area contributed by atoms with Crippen LogP contribution in [0.15, 0.2) is 0 Å². The molecule has 0 bridgehead atoms. The molecule has 0 radical (unpaired) electrons. The Morgan fingerprint density at radius 2 is 1.90 bits per heavy atom. The number of rotatable bonds is 7. The second kappa shape index (κ2) is 7.79. The van der Waals surface area contributed by atoms with Crippen molar-refractivity contribution in [1.29, 1.82) is 0 Å². The second-order valence-corrected chi connectivity index (χ2v) is 7.98. The van der Waals surface area contributed by atoms with Crippen molar-refractivity contribution in [2.24, 2.45) is 17.3 Å². The SMILES string of the molecule is CCC(C)(C)C1CCC(NC)C(N(C)CCC(C)C)C1. The molecular formula is C18H38N2. The highest BCUT2D eigenvalue weighted by molar-refractivity contribution is 4.93. The fourth-order valence-electron chi connectivity index (χ4n) is 3.60. The third-order valence-electron chi connectivity index (χ3n) is 5.83. The molecule has 1 fully saturated rings. The summed E-state index contributed by atoms with van der Waals surface area (Å²) < 4.78 is 0. The first kappa shape index (κ1) is 18.0. The summed E-state index contributed by atoms with van der Waals surface area (Å²) in [4.78, 5) is 2.62. The Balaban J connectivity index is 2.68. The average Bonchev–Trinajstić information content (AvgIpc) is 2.43. The van der Waals surface area contributed by atoms with Crippen molar-refractivity contribution in [2.75, 3.05) is 20.6 Å². The van der Waals surface area contributed by atoms with Crippen molar-refractivity contribution in [1.82, 2.24) is 10.2 Å². The van der Waals surface area contributed by atoms with Crippen LogP contribution < -0.4 is 5.32 Å². The van der Waals surface area contributed by atoms with Crippen molar-refractivity contribution in [3.63, 3.8) is 0 Å². The molecule has 2 nitrogen and oxygen atoms in total. The number of likely N-dealkylation sites (N-methyl/N-ethyl adjacent to an activating group) is 2. The topological polar surface area (TPSA) is 15.3 Å². The molecule has 0 amide bonds. The fraction of sp³-hybridized carbons (Fsp3) is 1.00. The molecule has 1 rings (SSSR count). The molecule has 2 heteroatoms. The normalized spacial score (nSPS) is 28.4. The maximum atomic E-state index is 3.57. The molecule has 0 saturated heterocycles. The molecule has 3 unspecified atom stereocenters. The van der Waals surface area contributed by atoms with Gasteiger partial charge in [-0.3, -0.25) is 0 Å². The zero-order valence-corrected chi connectivity index (χ0v) is 15.0. The van der Waals surface area contributed by atoms with Crippen LogP contribution in [-0.2, 0) is 0 Å². The third-order valence-corrected chi connectivity index (χ3v) is 5.83. The smallest absolute Gasteiger partial charge is 0.0249 e.